The Labute approximate surface area is 161 Å². The minimum absolute atomic E-state index is 0. The minimum Gasteiger partial charge on any atom is -0.338 e. The predicted octanol–water partition coefficient (Wildman–Crippen LogP) is 3.41. The molecule has 0 radical (unpaired) electrons. The highest BCUT2D eigenvalue weighted by molar-refractivity contribution is 6.15. The number of amides is 1. The summed E-state index contributed by atoms with van der Waals surface area (Å²) >= 11 is 0. The fourth-order valence-electron chi connectivity index (χ4n) is 3.49. The van der Waals surface area contributed by atoms with Crippen LogP contribution in [0.2, 0.25) is 0 Å². The lowest BCUT2D eigenvalue weighted by Gasteiger charge is -2.33. The highest BCUT2D eigenvalue weighted by atomic mass is 35.5. The quantitative estimate of drug-likeness (QED) is 0.818. The zero-order valence-corrected chi connectivity index (χ0v) is 15.8. The summed E-state index contributed by atoms with van der Waals surface area (Å²) in [5.74, 6) is 0.328. The number of likely N-dealkylation sites (tertiary alicyclic amines) is 1. The number of hydrogen-bond donors (Lipinski definition) is 1. The van der Waals surface area contributed by atoms with Crippen molar-refractivity contribution in [2.45, 2.75) is 12.8 Å². The van der Waals surface area contributed by atoms with Crippen molar-refractivity contribution in [3.63, 3.8) is 0 Å². The van der Waals surface area contributed by atoms with Crippen molar-refractivity contribution in [1.29, 1.82) is 0 Å². The Bertz CT molecular complexity index is 747. The molecule has 138 valence electrons. The molecule has 0 bridgehead atoms. The summed E-state index contributed by atoms with van der Waals surface area (Å²) in [4.78, 5) is 27.8. The van der Waals surface area contributed by atoms with Crippen LogP contribution in [0.3, 0.4) is 0 Å². The number of halogens is 1. The minimum atomic E-state index is -0.103. The Morgan fingerprint density at radius 3 is 2.38 bits per heavy atom. The molecule has 1 N–H and O–H groups in total. The highest BCUT2D eigenvalue weighted by Gasteiger charge is 2.26. The molecular formula is C21H25ClN2O2. The number of piperidine rings is 1. The van der Waals surface area contributed by atoms with E-state index in [1.807, 2.05) is 42.3 Å². The molecule has 4 nitrogen and oxygen atoms in total. The van der Waals surface area contributed by atoms with Crippen LogP contribution in [0.5, 0.6) is 0 Å². The molecule has 26 heavy (non-hydrogen) atoms. The van der Waals surface area contributed by atoms with Crippen molar-refractivity contribution in [3.8, 4) is 0 Å². The first-order valence-corrected chi connectivity index (χ1v) is 8.83. The Morgan fingerprint density at radius 2 is 1.69 bits per heavy atom. The molecule has 0 saturated carbocycles. The second kappa shape index (κ2) is 9.51. The van der Waals surface area contributed by atoms with Gasteiger partial charge in [-0.05, 0) is 38.4 Å². The number of nitrogens with one attached hydrogen (secondary N) is 1. The van der Waals surface area contributed by atoms with Crippen LogP contribution in [0.1, 0.15) is 39.1 Å². The predicted molar refractivity (Wildman–Crippen MR) is 106 cm³/mol. The van der Waals surface area contributed by atoms with Gasteiger partial charge in [0.25, 0.3) is 5.91 Å². The number of carbonyl (C=O) groups is 2. The lowest BCUT2D eigenvalue weighted by molar-refractivity contribution is 0.0671. The topological polar surface area (TPSA) is 49.4 Å². The van der Waals surface area contributed by atoms with Gasteiger partial charge >= 0.3 is 0 Å². The molecule has 1 heterocycles. The van der Waals surface area contributed by atoms with Crippen LogP contribution in [-0.4, -0.2) is 43.3 Å². The van der Waals surface area contributed by atoms with Gasteiger partial charge in [-0.3, -0.25) is 9.59 Å². The first-order valence-electron chi connectivity index (χ1n) is 8.83. The molecule has 1 aliphatic rings. The Balaban J connectivity index is 0.00000243. The van der Waals surface area contributed by atoms with Crippen molar-refractivity contribution < 1.29 is 9.59 Å². The molecule has 0 spiro atoms. The summed E-state index contributed by atoms with van der Waals surface area (Å²) in [5.41, 5.74) is 1.59. The monoisotopic (exact) mass is 372 g/mol. The van der Waals surface area contributed by atoms with Crippen LogP contribution in [0.25, 0.3) is 0 Å². The SMILES string of the molecule is CNCC1CCCN(C(=O)c2ccccc2C(=O)c2ccccc2)C1.Cl. The third-order valence-corrected chi connectivity index (χ3v) is 4.74. The van der Waals surface area contributed by atoms with E-state index in [1.54, 1.807) is 24.3 Å². The second-order valence-corrected chi connectivity index (χ2v) is 6.56. The van der Waals surface area contributed by atoms with Gasteiger partial charge in [0.05, 0.1) is 5.56 Å². The standard InChI is InChI=1S/C21H24N2O2.ClH/c1-22-14-16-8-7-13-23(15-16)21(25)19-12-6-5-11-18(19)20(24)17-9-3-2-4-10-17;/h2-6,9-12,16,22H,7-8,13-15H2,1H3;1H. The summed E-state index contributed by atoms with van der Waals surface area (Å²) in [6.45, 7) is 2.41. The number of benzene rings is 2. The van der Waals surface area contributed by atoms with Crippen molar-refractivity contribution in [2.24, 2.45) is 5.92 Å². The van der Waals surface area contributed by atoms with Gasteiger partial charge in [0, 0.05) is 24.2 Å². The van der Waals surface area contributed by atoms with Crippen LogP contribution in [0.4, 0.5) is 0 Å². The summed E-state index contributed by atoms with van der Waals surface area (Å²) < 4.78 is 0. The van der Waals surface area contributed by atoms with Gasteiger partial charge in [-0.1, -0.05) is 48.5 Å². The van der Waals surface area contributed by atoms with E-state index in [1.165, 1.54) is 0 Å². The van der Waals surface area contributed by atoms with Gasteiger partial charge < -0.3 is 10.2 Å². The maximum Gasteiger partial charge on any atom is 0.254 e. The maximum atomic E-state index is 13.1. The van der Waals surface area contributed by atoms with Gasteiger partial charge in [-0.15, -0.1) is 12.4 Å². The molecular weight excluding hydrogens is 348 g/mol. The Morgan fingerprint density at radius 1 is 1.04 bits per heavy atom. The number of carbonyl (C=O) groups excluding carboxylic acids is 2. The molecule has 1 amide bonds. The second-order valence-electron chi connectivity index (χ2n) is 6.56. The van der Waals surface area contributed by atoms with E-state index in [-0.39, 0.29) is 24.1 Å². The number of hydrogen-bond acceptors (Lipinski definition) is 3. The van der Waals surface area contributed by atoms with E-state index >= 15 is 0 Å². The largest absolute Gasteiger partial charge is 0.338 e. The molecule has 2 aromatic rings. The zero-order chi connectivity index (χ0) is 17.6. The molecule has 1 saturated heterocycles. The van der Waals surface area contributed by atoms with Gasteiger partial charge in [0.15, 0.2) is 5.78 Å². The number of rotatable bonds is 5. The van der Waals surface area contributed by atoms with E-state index in [9.17, 15) is 9.59 Å². The smallest absolute Gasteiger partial charge is 0.254 e. The van der Waals surface area contributed by atoms with E-state index in [0.717, 1.165) is 32.5 Å². The molecule has 1 unspecified atom stereocenters. The fraction of sp³-hybridized carbons (Fsp3) is 0.333. The normalized spacial score (nSPS) is 16.7. The van der Waals surface area contributed by atoms with Gasteiger partial charge in [0.1, 0.15) is 0 Å². The van der Waals surface area contributed by atoms with Crippen LogP contribution in [0.15, 0.2) is 54.6 Å². The molecule has 2 aromatic carbocycles. The van der Waals surface area contributed by atoms with E-state index in [4.69, 9.17) is 0 Å². The third kappa shape index (κ3) is 4.51. The summed E-state index contributed by atoms with van der Waals surface area (Å²) in [6.07, 6.45) is 2.14. The molecule has 1 fully saturated rings. The Kier molecular flexibility index (Phi) is 7.37. The van der Waals surface area contributed by atoms with E-state index < -0.39 is 0 Å². The van der Waals surface area contributed by atoms with E-state index in [0.29, 0.717) is 22.6 Å². The Hall–Kier alpha value is -2.17. The van der Waals surface area contributed by atoms with Gasteiger partial charge in [0.2, 0.25) is 0 Å². The number of ketones is 1. The van der Waals surface area contributed by atoms with Crippen LogP contribution in [0, 0.1) is 5.92 Å². The van der Waals surface area contributed by atoms with Gasteiger partial charge in [-0.2, -0.15) is 0 Å². The molecule has 3 rings (SSSR count). The van der Waals surface area contributed by atoms with Crippen LogP contribution >= 0.6 is 12.4 Å². The third-order valence-electron chi connectivity index (χ3n) is 4.74. The molecule has 0 aromatic heterocycles. The van der Waals surface area contributed by atoms with Crippen molar-refractivity contribution in [2.75, 3.05) is 26.7 Å². The van der Waals surface area contributed by atoms with Gasteiger partial charge in [-0.25, -0.2) is 0 Å². The molecule has 5 heteroatoms. The van der Waals surface area contributed by atoms with Crippen molar-refractivity contribution in [1.82, 2.24) is 10.2 Å². The number of nitrogens with zero attached hydrogens (tertiary/aromatic N) is 1. The summed E-state index contributed by atoms with van der Waals surface area (Å²) in [5, 5.41) is 3.20. The lowest BCUT2D eigenvalue weighted by atomic mass is 9.94. The summed E-state index contributed by atoms with van der Waals surface area (Å²) in [7, 11) is 1.94. The van der Waals surface area contributed by atoms with Crippen LogP contribution in [-0.2, 0) is 0 Å². The fourth-order valence-corrected chi connectivity index (χ4v) is 3.49. The molecule has 1 atom stereocenters. The molecule has 1 aliphatic heterocycles. The van der Waals surface area contributed by atoms with E-state index in [2.05, 4.69) is 5.32 Å². The van der Waals surface area contributed by atoms with Crippen molar-refractivity contribution >= 4 is 24.1 Å². The average Bonchev–Trinajstić information content (AvgIpc) is 2.68. The zero-order valence-electron chi connectivity index (χ0n) is 15.0. The maximum absolute atomic E-state index is 13.1. The first kappa shape index (κ1) is 20.1. The van der Waals surface area contributed by atoms with Crippen LogP contribution < -0.4 is 5.32 Å². The summed E-state index contributed by atoms with van der Waals surface area (Å²) in [6, 6.07) is 16.3. The lowest BCUT2D eigenvalue weighted by Crippen LogP contribution is -2.42. The highest BCUT2D eigenvalue weighted by Crippen LogP contribution is 2.21. The average molecular weight is 373 g/mol. The van der Waals surface area contributed by atoms with Crippen molar-refractivity contribution in [3.05, 3.63) is 71.3 Å². The molecule has 0 aliphatic carbocycles. The first-order chi connectivity index (χ1) is 12.2.